The van der Waals surface area contributed by atoms with Gasteiger partial charge in [0.15, 0.2) is 0 Å². The van der Waals surface area contributed by atoms with Crippen LogP contribution < -0.4 is 9.62 Å². The first-order chi connectivity index (χ1) is 19.3. The van der Waals surface area contributed by atoms with Crippen molar-refractivity contribution in [2.45, 2.75) is 69.4 Å². The van der Waals surface area contributed by atoms with Crippen molar-refractivity contribution in [3.63, 3.8) is 0 Å². The van der Waals surface area contributed by atoms with Gasteiger partial charge in [0.1, 0.15) is 12.6 Å². The number of amides is 2. The molecule has 0 heterocycles. The number of nitrogens with one attached hydrogen (secondary N) is 1. The first kappa shape index (κ1) is 29.3. The molecular formula is C32H39N3O4S. The number of rotatable bonds is 11. The van der Waals surface area contributed by atoms with Crippen molar-refractivity contribution in [2.75, 3.05) is 17.4 Å². The van der Waals surface area contributed by atoms with Gasteiger partial charge in [-0.3, -0.25) is 13.9 Å². The molecule has 0 bridgehead atoms. The van der Waals surface area contributed by atoms with E-state index in [2.05, 4.69) is 5.32 Å². The number of hydrogen-bond donors (Lipinski definition) is 1. The van der Waals surface area contributed by atoms with Gasteiger partial charge in [-0.2, -0.15) is 0 Å². The minimum absolute atomic E-state index is 0.105. The Balaban J connectivity index is 1.61. The van der Waals surface area contributed by atoms with E-state index in [0.29, 0.717) is 12.1 Å². The van der Waals surface area contributed by atoms with Crippen molar-refractivity contribution in [3.8, 4) is 0 Å². The second-order valence-electron chi connectivity index (χ2n) is 10.5. The molecule has 3 aromatic rings. The summed E-state index contributed by atoms with van der Waals surface area (Å²) in [6.07, 6.45) is 5.76. The highest BCUT2D eigenvalue weighted by molar-refractivity contribution is 7.92. The molecule has 0 unspecified atom stereocenters. The third-order valence-electron chi connectivity index (χ3n) is 7.54. The van der Waals surface area contributed by atoms with Crippen LogP contribution in [0.1, 0.15) is 50.2 Å². The van der Waals surface area contributed by atoms with Crippen LogP contribution in [-0.4, -0.2) is 50.3 Å². The first-order valence-corrected chi connectivity index (χ1v) is 15.5. The summed E-state index contributed by atoms with van der Waals surface area (Å²) in [5.41, 5.74) is 2.36. The number of hydrogen-bond acceptors (Lipinski definition) is 4. The summed E-state index contributed by atoms with van der Waals surface area (Å²) >= 11 is 0. The lowest BCUT2D eigenvalue weighted by atomic mass is 9.95. The van der Waals surface area contributed by atoms with E-state index in [1.54, 1.807) is 61.5 Å². The third-order valence-corrected chi connectivity index (χ3v) is 9.32. The van der Waals surface area contributed by atoms with Crippen LogP contribution in [0.5, 0.6) is 0 Å². The van der Waals surface area contributed by atoms with Gasteiger partial charge < -0.3 is 10.2 Å². The van der Waals surface area contributed by atoms with Crippen LogP contribution in [0.25, 0.3) is 0 Å². The highest BCUT2D eigenvalue weighted by atomic mass is 32.2. The van der Waals surface area contributed by atoms with Crippen molar-refractivity contribution in [1.82, 2.24) is 10.2 Å². The number of aryl methyl sites for hydroxylation is 1. The van der Waals surface area contributed by atoms with Crippen molar-refractivity contribution in [2.24, 2.45) is 0 Å². The fourth-order valence-electron chi connectivity index (χ4n) is 5.10. The van der Waals surface area contributed by atoms with Gasteiger partial charge in [-0.05, 0) is 62.9 Å². The standard InChI is InChI=1S/C32H39N3O4S/c1-25-18-20-30(21-19-25)40(38,39)35(29-16-10-5-11-17-29)24-31(36)34(23-22-27-12-6-3-7-13-27)26(2)32(37)33-28-14-8-4-9-15-28/h3,5-7,10-13,16-21,26,28H,4,8-9,14-15,22-24H2,1-2H3,(H,33,37)/t26-/m1/s1. The molecule has 0 radical (unpaired) electrons. The summed E-state index contributed by atoms with van der Waals surface area (Å²) in [7, 11) is -4.05. The zero-order valence-corrected chi connectivity index (χ0v) is 24.1. The van der Waals surface area contributed by atoms with Crippen LogP contribution in [0.3, 0.4) is 0 Å². The average molecular weight is 562 g/mol. The molecule has 212 valence electrons. The number of anilines is 1. The van der Waals surface area contributed by atoms with Crippen LogP contribution in [0, 0.1) is 6.92 Å². The van der Waals surface area contributed by atoms with Gasteiger partial charge in [-0.15, -0.1) is 0 Å². The number of sulfonamides is 1. The molecule has 3 aromatic carbocycles. The lowest BCUT2D eigenvalue weighted by Crippen LogP contribution is -2.53. The Morgan fingerprint density at radius 2 is 1.48 bits per heavy atom. The molecule has 1 N–H and O–H groups in total. The van der Waals surface area contributed by atoms with Crippen LogP contribution in [0.15, 0.2) is 89.8 Å². The molecule has 4 rings (SSSR count). The molecule has 1 aliphatic rings. The molecule has 1 atom stereocenters. The molecule has 0 spiro atoms. The fourth-order valence-corrected chi connectivity index (χ4v) is 6.51. The van der Waals surface area contributed by atoms with Gasteiger partial charge in [0, 0.05) is 12.6 Å². The smallest absolute Gasteiger partial charge is 0.264 e. The second kappa shape index (κ2) is 13.6. The Morgan fingerprint density at radius 3 is 2.10 bits per heavy atom. The summed E-state index contributed by atoms with van der Waals surface area (Å²) < 4.78 is 28.8. The molecule has 1 aliphatic carbocycles. The van der Waals surface area contributed by atoms with E-state index in [9.17, 15) is 18.0 Å². The highest BCUT2D eigenvalue weighted by Gasteiger charge is 2.33. The van der Waals surface area contributed by atoms with E-state index in [1.807, 2.05) is 37.3 Å². The van der Waals surface area contributed by atoms with E-state index in [0.717, 1.165) is 41.1 Å². The molecule has 8 heteroatoms. The average Bonchev–Trinajstić information content (AvgIpc) is 2.97. The van der Waals surface area contributed by atoms with Gasteiger partial charge in [0.2, 0.25) is 11.8 Å². The van der Waals surface area contributed by atoms with Crippen molar-refractivity contribution in [3.05, 3.63) is 96.1 Å². The first-order valence-electron chi connectivity index (χ1n) is 14.0. The molecule has 0 aromatic heterocycles. The van der Waals surface area contributed by atoms with Crippen LogP contribution in [-0.2, 0) is 26.0 Å². The van der Waals surface area contributed by atoms with Crippen LogP contribution in [0.4, 0.5) is 5.69 Å². The maximum atomic E-state index is 14.0. The molecular weight excluding hydrogens is 522 g/mol. The van der Waals surface area contributed by atoms with Crippen LogP contribution in [0.2, 0.25) is 0 Å². The quantitative estimate of drug-likeness (QED) is 0.353. The van der Waals surface area contributed by atoms with E-state index in [1.165, 1.54) is 11.3 Å². The number of carbonyl (C=O) groups is 2. The van der Waals surface area contributed by atoms with Gasteiger partial charge in [-0.1, -0.05) is 85.5 Å². The number of nitrogens with zero attached hydrogens (tertiary/aromatic N) is 2. The lowest BCUT2D eigenvalue weighted by molar-refractivity contribution is -0.139. The molecule has 1 saturated carbocycles. The number of para-hydroxylation sites is 1. The molecule has 0 aliphatic heterocycles. The number of benzene rings is 3. The lowest BCUT2D eigenvalue weighted by Gasteiger charge is -2.33. The van der Waals surface area contributed by atoms with Gasteiger partial charge >= 0.3 is 0 Å². The third kappa shape index (κ3) is 7.50. The highest BCUT2D eigenvalue weighted by Crippen LogP contribution is 2.24. The van der Waals surface area contributed by atoms with E-state index < -0.39 is 28.5 Å². The normalized spacial score (nSPS) is 14.8. The largest absolute Gasteiger partial charge is 0.352 e. The molecule has 0 saturated heterocycles. The summed E-state index contributed by atoms with van der Waals surface area (Å²) in [4.78, 5) is 28.9. The van der Waals surface area contributed by atoms with Crippen molar-refractivity contribution < 1.29 is 18.0 Å². The predicted octanol–water partition coefficient (Wildman–Crippen LogP) is 5.10. The van der Waals surface area contributed by atoms with E-state index in [4.69, 9.17) is 0 Å². The van der Waals surface area contributed by atoms with Crippen molar-refractivity contribution in [1.29, 1.82) is 0 Å². The minimum atomic E-state index is -4.05. The monoisotopic (exact) mass is 561 g/mol. The zero-order chi connectivity index (χ0) is 28.5. The zero-order valence-electron chi connectivity index (χ0n) is 23.3. The van der Waals surface area contributed by atoms with Gasteiger partial charge in [-0.25, -0.2) is 8.42 Å². The second-order valence-corrected chi connectivity index (χ2v) is 12.4. The molecule has 40 heavy (non-hydrogen) atoms. The van der Waals surface area contributed by atoms with E-state index >= 15 is 0 Å². The predicted molar refractivity (Wildman–Crippen MR) is 158 cm³/mol. The topological polar surface area (TPSA) is 86.8 Å². The van der Waals surface area contributed by atoms with E-state index in [-0.39, 0.29) is 23.4 Å². The summed E-state index contributed by atoms with van der Waals surface area (Å²) in [5, 5.41) is 3.13. The molecule has 1 fully saturated rings. The summed E-state index contributed by atoms with van der Waals surface area (Å²) in [6.45, 7) is 3.48. The maximum Gasteiger partial charge on any atom is 0.264 e. The Hall–Kier alpha value is -3.65. The fraction of sp³-hybridized carbons (Fsp3) is 0.375. The van der Waals surface area contributed by atoms with Gasteiger partial charge in [0.05, 0.1) is 10.6 Å². The summed E-state index contributed by atoms with van der Waals surface area (Å²) in [5.74, 6) is -0.636. The van der Waals surface area contributed by atoms with Crippen molar-refractivity contribution >= 4 is 27.5 Å². The minimum Gasteiger partial charge on any atom is -0.352 e. The Bertz CT molecular complexity index is 1360. The van der Waals surface area contributed by atoms with Gasteiger partial charge in [0.25, 0.3) is 10.0 Å². The van der Waals surface area contributed by atoms with Crippen LogP contribution >= 0.6 is 0 Å². The Labute approximate surface area is 238 Å². The Kier molecular flexibility index (Phi) is 9.98. The molecule has 7 nitrogen and oxygen atoms in total. The Morgan fingerprint density at radius 1 is 0.875 bits per heavy atom. The maximum absolute atomic E-state index is 14.0. The number of carbonyl (C=O) groups excluding carboxylic acids is 2. The SMILES string of the molecule is Cc1ccc(S(=O)(=O)N(CC(=O)N(CCc2ccccc2)[C@H](C)C(=O)NC2CCCCC2)c2ccccc2)cc1. The molecule has 2 amide bonds. The summed E-state index contributed by atoms with van der Waals surface area (Å²) in [6, 6.07) is 24.3.